The van der Waals surface area contributed by atoms with Crippen LogP contribution in [0.3, 0.4) is 0 Å². The predicted molar refractivity (Wildman–Crippen MR) is 71.2 cm³/mol. The van der Waals surface area contributed by atoms with Gasteiger partial charge in [0, 0.05) is 6.92 Å². The summed E-state index contributed by atoms with van der Waals surface area (Å²) >= 11 is 0. The first-order chi connectivity index (χ1) is 7.95. The van der Waals surface area contributed by atoms with Crippen LogP contribution in [-0.4, -0.2) is 22.4 Å². The lowest BCUT2D eigenvalue weighted by molar-refractivity contribution is -0.309. The Kier molecular flexibility index (Phi) is 5.56. The Balaban J connectivity index is 4.74. The zero-order valence-electron chi connectivity index (χ0n) is 12.4. The molecule has 0 radical (unpaired) electrons. The molecule has 0 aromatic rings. The van der Waals surface area contributed by atoms with Crippen molar-refractivity contribution < 1.29 is 19.7 Å². The van der Waals surface area contributed by atoms with Gasteiger partial charge in [-0.05, 0) is 39.0 Å². The first kappa shape index (κ1) is 17.1. The molecule has 0 heterocycles. The van der Waals surface area contributed by atoms with E-state index in [1.807, 2.05) is 27.7 Å². The lowest BCUT2D eigenvalue weighted by Gasteiger charge is -2.38. The molecule has 0 bridgehead atoms. The minimum atomic E-state index is -0.796. The number of carbonyl (C=O) groups excluding carboxylic acids is 1. The molecule has 18 heavy (non-hydrogen) atoms. The summed E-state index contributed by atoms with van der Waals surface area (Å²) in [4.78, 5) is 15.5. The molecule has 0 aliphatic rings. The Hall–Kier alpha value is -0.870. The van der Waals surface area contributed by atoms with E-state index in [0.717, 1.165) is 0 Å². The second-order valence-electron chi connectivity index (χ2n) is 6.48. The van der Waals surface area contributed by atoms with E-state index in [4.69, 9.17) is 9.99 Å². The van der Waals surface area contributed by atoms with Crippen LogP contribution >= 0.6 is 0 Å². The molecule has 1 atom stereocenters. The van der Waals surface area contributed by atoms with Crippen LogP contribution in [0.5, 0.6) is 0 Å². The van der Waals surface area contributed by atoms with Gasteiger partial charge in [0.05, 0.1) is 0 Å². The summed E-state index contributed by atoms with van der Waals surface area (Å²) in [6.45, 7) is 14.7. The van der Waals surface area contributed by atoms with Crippen molar-refractivity contribution in [3.8, 4) is 0 Å². The molecule has 0 aliphatic carbocycles. The number of hydrogen-bond acceptors (Lipinski definition) is 4. The van der Waals surface area contributed by atoms with E-state index in [9.17, 15) is 4.79 Å². The van der Waals surface area contributed by atoms with Crippen LogP contribution in [0, 0.1) is 5.41 Å². The van der Waals surface area contributed by atoms with Crippen LogP contribution in [0.4, 0.5) is 0 Å². The zero-order valence-corrected chi connectivity index (χ0v) is 12.4. The number of rotatable bonds is 7. The van der Waals surface area contributed by atoms with E-state index in [2.05, 4.69) is 11.5 Å². The van der Waals surface area contributed by atoms with Gasteiger partial charge in [-0.1, -0.05) is 19.9 Å². The summed E-state index contributed by atoms with van der Waals surface area (Å²) in [5, 5.41) is 8.94. The molecule has 4 nitrogen and oxygen atoms in total. The Bertz CT molecular complexity index is 307. The summed E-state index contributed by atoms with van der Waals surface area (Å²) in [6.07, 6.45) is 2.81. The molecule has 0 spiro atoms. The molecule has 0 aliphatic heterocycles. The lowest BCUT2D eigenvalue weighted by atomic mass is 9.74. The molecule has 0 aromatic carbocycles. The molecule has 1 N–H and O–H groups in total. The fraction of sp³-hybridized carbons (Fsp3) is 0.786. The topological polar surface area (TPSA) is 55.8 Å². The molecule has 0 rings (SSSR count). The number of ether oxygens (including phenoxy) is 1. The number of esters is 1. The van der Waals surface area contributed by atoms with Gasteiger partial charge in [0.1, 0.15) is 11.2 Å². The molecule has 106 valence electrons. The van der Waals surface area contributed by atoms with Crippen molar-refractivity contribution in [2.75, 3.05) is 0 Å². The highest BCUT2D eigenvalue weighted by atomic mass is 17.1. The van der Waals surface area contributed by atoms with Crippen LogP contribution in [0.1, 0.15) is 54.4 Å². The Morgan fingerprint density at radius 1 is 1.22 bits per heavy atom. The van der Waals surface area contributed by atoms with Gasteiger partial charge < -0.3 is 4.74 Å². The Morgan fingerprint density at radius 3 is 2.06 bits per heavy atom. The minimum absolute atomic E-state index is 0.176. The maximum atomic E-state index is 11.0. The lowest BCUT2D eigenvalue weighted by Crippen LogP contribution is -2.38. The average Bonchev–Trinajstić information content (AvgIpc) is 2.12. The fourth-order valence-electron chi connectivity index (χ4n) is 2.73. The fourth-order valence-corrected chi connectivity index (χ4v) is 2.73. The Morgan fingerprint density at radius 2 is 1.72 bits per heavy atom. The number of hydrogen-bond donors (Lipinski definition) is 1. The highest BCUT2D eigenvalue weighted by Crippen LogP contribution is 2.38. The van der Waals surface area contributed by atoms with Crippen molar-refractivity contribution in [3.05, 3.63) is 12.7 Å². The van der Waals surface area contributed by atoms with Crippen LogP contribution < -0.4 is 0 Å². The van der Waals surface area contributed by atoms with Gasteiger partial charge in [-0.2, -0.15) is 0 Å². The van der Waals surface area contributed by atoms with E-state index in [1.165, 1.54) is 6.92 Å². The molecule has 0 aromatic heterocycles. The van der Waals surface area contributed by atoms with Gasteiger partial charge in [0.25, 0.3) is 0 Å². The van der Waals surface area contributed by atoms with E-state index in [1.54, 1.807) is 13.0 Å². The maximum Gasteiger partial charge on any atom is 0.303 e. The average molecular weight is 258 g/mol. The van der Waals surface area contributed by atoms with Crippen molar-refractivity contribution in [1.29, 1.82) is 0 Å². The zero-order chi connectivity index (χ0) is 14.6. The molecule has 0 saturated heterocycles. The van der Waals surface area contributed by atoms with Crippen LogP contribution in [0.25, 0.3) is 0 Å². The van der Waals surface area contributed by atoms with Crippen molar-refractivity contribution in [2.45, 2.75) is 65.6 Å². The molecule has 0 amide bonds. The third-order valence-corrected chi connectivity index (χ3v) is 2.79. The molecule has 0 saturated carbocycles. The van der Waals surface area contributed by atoms with Crippen molar-refractivity contribution in [1.82, 2.24) is 0 Å². The summed E-state index contributed by atoms with van der Waals surface area (Å²) in [7, 11) is 0. The van der Waals surface area contributed by atoms with Gasteiger partial charge in [0.2, 0.25) is 0 Å². The Labute approximate surface area is 110 Å². The van der Waals surface area contributed by atoms with Gasteiger partial charge in [-0.3, -0.25) is 10.1 Å². The van der Waals surface area contributed by atoms with E-state index >= 15 is 0 Å². The van der Waals surface area contributed by atoms with E-state index in [0.29, 0.717) is 12.8 Å². The van der Waals surface area contributed by atoms with Gasteiger partial charge in [-0.25, -0.2) is 4.89 Å². The molecule has 1 unspecified atom stereocenters. The highest BCUT2D eigenvalue weighted by molar-refractivity contribution is 5.66. The van der Waals surface area contributed by atoms with Crippen molar-refractivity contribution >= 4 is 5.97 Å². The smallest absolute Gasteiger partial charge is 0.303 e. The van der Waals surface area contributed by atoms with Crippen molar-refractivity contribution in [3.63, 3.8) is 0 Å². The van der Waals surface area contributed by atoms with Gasteiger partial charge >= 0.3 is 5.97 Å². The summed E-state index contributed by atoms with van der Waals surface area (Å²) in [5.41, 5.74) is -1.52. The quantitative estimate of drug-likeness (QED) is 0.328. The van der Waals surface area contributed by atoms with Crippen LogP contribution in [-0.2, 0) is 14.4 Å². The maximum absolute atomic E-state index is 11.0. The molecule has 4 heteroatoms. The van der Waals surface area contributed by atoms with Crippen molar-refractivity contribution in [2.24, 2.45) is 5.41 Å². The summed E-state index contributed by atoms with van der Waals surface area (Å²) in [6, 6.07) is 0. The van der Waals surface area contributed by atoms with Crippen LogP contribution in [0.15, 0.2) is 12.7 Å². The normalized spacial score (nSPS) is 15.9. The summed E-state index contributed by atoms with van der Waals surface area (Å²) < 4.78 is 5.29. The summed E-state index contributed by atoms with van der Waals surface area (Å²) in [5.74, 6) is -0.291. The monoisotopic (exact) mass is 258 g/mol. The second-order valence-corrected chi connectivity index (χ2v) is 6.48. The third kappa shape index (κ3) is 6.17. The SMILES string of the molecule is C=CC(C)(CC(C)(C)CC(C)(C)OC(C)=O)OO. The predicted octanol–water partition coefficient (Wildman–Crippen LogP) is 3.57. The molecular formula is C14H26O4. The van der Waals surface area contributed by atoms with Gasteiger partial charge in [0.15, 0.2) is 0 Å². The largest absolute Gasteiger partial charge is 0.460 e. The first-order valence-electron chi connectivity index (χ1n) is 6.11. The molecular weight excluding hydrogens is 232 g/mol. The minimum Gasteiger partial charge on any atom is -0.460 e. The van der Waals surface area contributed by atoms with Crippen LogP contribution in [0.2, 0.25) is 0 Å². The third-order valence-electron chi connectivity index (χ3n) is 2.79. The molecule has 0 fully saturated rings. The second kappa shape index (κ2) is 5.85. The van der Waals surface area contributed by atoms with E-state index in [-0.39, 0.29) is 11.4 Å². The van der Waals surface area contributed by atoms with Gasteiger partial charge in [-0.15, -0.1) is 6.58 Å². The highest BCUT2D eigenvalue weighted by Gasteiger charge is 2.37. The van der Waals surface area contributed by atoms with E-state index < -0.39 is 11.2 Å². The standard InChI is InChI=1S/C14H26O4/c1-8-14(7,18-16)10-12(3,4)9-13(5,6)17-11(2)15/h8,16H,1,9-10H2,2-7H3. The number of carbonyl (C=O) groups is 1. The first-order valence-corrected chi connectivity index (χ1v) is 6.11.